The van der Waals surface area contributed by atoms with Crippen molar-refractivity contribution in [1.82, 2.24) is 10.2 Å². The molecule has 6 nitrogen and oxygen atoms in total. The summed E-state index contributed by atoms with van der Waals surface area (Å²) in [5, 5.41) is 17.3. The molecule has 1 atom stereocenters. The molecule has 2 rings (SSSR count). The van der Waals surface area contributed by atoms with Crippen LogP contribution in [0.3, 0.4) is 0 Å². The van der Waals surface area contributed by atoms with Gasteiger partial charge in [-0.1, -0.05) is 5.10 Å². The lowest BCUT2D eigenvalue weighted by molar-refractivity contribution is 0.109. The van der Waals surface area contributed by atoms with Crippen molar-refractivity contribution in [3.63, 3.8) is 0 Å². The molecule has 1 aliphatic rings. The number of rotatable bonds is 3. The zero-order valence-electron chi connectivity index (χ0n) is 9.46. The van der Waals surface area contributed by atoms with Gasteiger partial charge in [-0.25, -0.2) is 0 Å². The number of aliphatic hydroxyl groups excluding tert-OH is 1. The van der Waals surface area contributed by atoms with Gasteiger partial charge in [0.05, 0.1) is 12.6 Å². The minimum atomic E-state index is -0.232. The van der Waals surface area contributed by atoms with Crippen molar-refractivity contribution >= 4 is 6.01 Å². The maximum absolute atomic E-state index is 9.49. The number of aliphatic hydroxyl groups is 1. The molecule has 0 aliphatic carbocycles. The minimum absolute atomic E-state index is 0.232. The monoisotopic (exact) mass is 226 g/mol. The highest BCUT2D eigenvalue weighted by molar-refractivity contribution is 5.24. The molecule has 0 amide bonds. The summed E-state index contributed by atoms with van der Waals surface area (Å²) in [6.45, 7) is 3.82. The molecule has 1 fully saturated rings. The van der Waals surface area contributed by atoms with E-state index in [-0.39, 0.29) is 12.6 Å². The van der Waals surface area contributed by atoms with E-state index in [1.807, 2.05) is 11.8 Å². The normalized spacial score (nSPS) is 20.1. The number of piperidine rings is 1. The van der Waals surface area contributed by atoms with Gasteiger partial charge in [-0.3, -0.25) is 0 Å². The van der Waals surface area contributed by atoms with Crippen molar-refractivity contribution in [2.45, 2.75) is 32.4 Å². The number of nitrogens with two attached hydrogens (primary N) is 1. The molecule has 1 aromatic heterocycles. The molecular weight excluding hydrogens is 208 g/mol. The van der Waals surface area contributed by atoms with Crippen molar-refractivity contribution in [2.75, 3.05) is 18.0 Å². The second-order valence-corrected chi connectivity index (χ2v) is 4.25. The van der Waals surface area contributed by atoms with Gasteiger partial charge in [0.2, 0.25) is 5.89 Å². The van der Waals surface area contributed by atoms with Crippen molar-refractivity contribution in [2.24, 2.45) is 11.7 Å². The second kappa shape index (κ2) is 4.80. The Labute approximate surface area is 94.4 Å². The molecule has 90 valence electrons. The van der Waals surface area contributed by atoms with Crippen molar-refractivity contribution in [3.05, 3.63) is 5.89 Å². The van der Waals surface area contributed by atoms with E-state index < -0.39 is 0 Å². The van der Waals surface area contributed by atoms with Crippen LogP contribution < -0.4 is 10.6 Å². The summed E-state index contributed by atoms with van der Waals surface area (Å²) in [4.78, 5) is 2.05. The first-order chi connectivity index (χ1) is 7.70. The average Bonchev–Trinajstić information content (AvgIpc) is 2.77. The summed E-state index contributed by atoms with van der Waals surface area (Å²) < 4.78 is 5.38. The summed E-state index contributed by atoms with van der Waals surface area (Å²) in [5.74, 6) is 0.848. The lowest BCUT2D eigenvalue weighted by atomic mass is 9.92. The fourth-order valence-electron chi connectivity index (χ4n) is 2.03. The molecular formula is C10H18N4O2. The minimum Gasteiger partial charge on any atom is -0.407 e. The van der Waals surface area contributed by atoms with Crippen LogP contribution in [0.25, 0.3) is 0 Å². The van der Waals surface area contributed by atoms with Crippen molar-refractivity contribution < 1.29 is 9.52 Å². The third kappa shape index (κ3) is 2.33. The maximum Gasteiger partial charge on any atom is 0.318 e. The van der Waals surface area contributed by atoms with Gasteiger partial charge < -0.3 is 20.2 Å². The maximum atomic E-state index is 9.49. The van der Waals surface area contributed by atoms with Crippen LogP contribution in [0.5, 0.6) is 0 Å². The van der Waals surface area contributed by atoms with Crippen LogP contribution in [0, 0.1) is 5.92 Å². The predicted molar refractivity (Wildman–Crippen MR) is 58.8 cm³/mol. The molecule has 3 N–H and O–H groups in total. The van der Waals surface area contributed by atoms with E-state index >= 15 is 0 Å². The van der Waals surface area contributed by atoms with E-state index in [2.05, 4.69) is 10.2 Å². The summed E-state index contributed by atoms with van der Waals surface area (Å²) in [5.41, 5.74) is 5.41. The van der Waals surface area contributed by atoms with Crippen LogP contribution in [-0.4, -0.2) is 34.5 Å². The Balaban J connectivity index is 1.93. The first-order valence-corrected chi connectivity index (χ1v) is 5.66. The zero-order chi connectivity index (χ0) is 11.5. The van der Waals surface area contributed by atoms with Crippen molar-refractivity contribution in [1.29, 1.82) is 0 Å². The van der Waals surface area contributed by atoms with E-state index in [0.717, 1.165) is 25.9 Å². The van der Waals surface area contributed by atoms with Gasteiger partial charge >= 0.3 is 6.01 Å². The van der Waals surface area contributed by atoms with Crippen molar-refractivity contribution in [3.8, 4) is 0 Å². The van der Waals surface area contributed by atoms with E-state index in [4.69, 9.17) is 10.2 Å². The summed E-state index contributed by atoms with van der Waals surface area (Å²) in [6, 6.07) is 0.546. The standard InChI is InChI=1S/C10H18N4O2/c1-7(15)8-2-4-14(5-3-8)10-13-12-9(6-11)16-10/h7-8,15H,2-6,11H2,1H3. The molecule has 0 saturated carbocycles. The van der Waals surface area contributed by atoms with Gasteiger partial charge in [0.15, 0.2) is 0 Å². The Bertz CT molecular complexity index is 331. The number of hydrogen-bond donors (Lipinski definition) is 2. The van der Waals surface area contributed by atoms with Crippen LogP contribution in [0.1, 0.15) is 25.7 Å². The number of nitrogens with zero attached hydrogens (tertiary/aromatic N) is 3. The Kier molecular flexibility index (Phi) is 3.40. The molecule has 1 aromatic rings. The van der Waals surface area contributed by atoms with E-state index in [1.165, 1.54) is 0 Å². The first-order valence-electron chi connectivity index (χ1n) is 5.66. The van der Waals surface area contributed by atoms with Crippen LogP contribution in [0.2, 0.25) is 0 Å². The molecule has 0 spiro atoms. The Morgan fingerprint density at radius 2 is 2.19 bits per heavy atom. The highest BCUT2D eigenvalue weighted by Gasteiger charge is 2.25. The Morgan fingerprint density at radius 3 is 2.69 bits per heavy atom. The molecule has 16 heavy (non-hydrogen) atoms. The predicted octanol–water partition coefficient (Wildman–Crippen LogP) is 0.126. The van der Waals surface area contributed by atoms with Gasteiger partial charge in [0, 0.05) is 13.1 Å². The van der Waals surface area contributed by atoms with Gasteiger partial charge in [-0.05, 0) is 25.7 Å². The van der Waals surface area contributed by atoms with E-state index in [9.17, 15) is 5.11 Å². The smallest absolute Gasteiger partial charge is 0.318 e. The first kappa shape index (κ1) is 11.3. The van der Waals surface area contributed by atoms with Gasteiger partial charge in [0.25, 0.3) is 0 Å². The van der Waals surface area contributed by atoms with Crippen LogP contribution in [0.15, 0.2) is 4.42 Å². The highest BCUT2D eigenvalue weighted by Crippen LogP contribution is 2.24. The average molecular weight is 226 g/mol. The molecule has 0 aromatic carbocycles. The molecule has 2 heterocycles. The molecule has 0 bridgehead atoms. The number of anilines is 1. The highest BCUT2D eigenvalue weighted by atomic mass is 16.4. The number of hydrogen-bond acceptors (Lipinski definition) is 6. The summed E-state index contributed by atoms with van der Waals surface area (Å²) in [7, 11) is 0. The van der Waals surface area contributed by atoms with Gasteiger partial charge in [0.1, 0.15) is 0 Å². The van der Waals surface area contributed by atoms with E-state index in [1.54, 1.807) is 0 Å². The quantitative estimate of drug-likeness (QED) is 0.761. The fourth-order valence-corrected chi connectivity index (χ4v) is 2.03. The van der Waals surface area contributed by atoms with Crippen LogP contribution in [0.4, 0.5) is 6.01 Å². The molecule has 1 unspecified atom stereocenters. The van der Waals surface area contributed by atoms with Crippen LogP contribution in [-0.2, 0) is 6.54 Å². The van der Waals surface area contributed by atoms with Gasteiger partial charge in [-0.15, -0.1) is 5.10 Å². The largest absolute Gasteiger partial charge is 0.407 e. The van der Waals surface area contributed by atoms with Gasteiger partial charge in [-0.2, -0.15) is 0 Å². The third-order valence-electron chi connectivity index (χ3n) is 3.12. The molecule has 1 saturated heterocycles. The Hall–Kier alpha value is -1.14. The second-order valence-electron chi connectivity index (χ2n) is 4.25. The molecule has 1 aliphatic heterocycles. The topological polar surface area (TPSA) is 88.4 Å². The lowest BCUT2D eigenvalue weighted by Crippen LogP contribution is -2.37. The third-order valence-corrected chi connectivity index (χ3v) is 3.12. The number of aromatic nitrogens is 2. The SMILES string of the molecule is CC(O)C1CCN(c2nnc(CN)o2)CC1. The van der Waals surface area contributed by atoms with Crippen LogP contribution >= 0.6 is 0 Å². The lowest BCUT2D eigenvalue weighted by Gasteiger charge is -2.31. The zero-order valence-corrected chi connectivity index (χ0v) is 9.46. The molecule has 6 heteroatoms. The molecule has 0 radical (unpaired) electrons. The Morgan fingerprint density at radius 1 is 1.50 bits per heavy atom. The van der Waals surface area contributed by atoms with E-state index in [0.29, 0.717) is 17.8 Å². The fraction of sp³-hybridized carbons (Fsp3) is 0.800. The summed E-state index contributed by atoms with van der Waals surface area (Å²) >= 11 is 0. The summed E-state index contributed by atoms with van der Waals surface area (Å²) in [6.07, 6.45) is 1.68.